The summed E-state index contributed by atoms with van der Waals surface area (Å²) in [7, 11) is 1.43. The summed E-state index contributed by atoms with van der Waals surface area (Å²) >= 11 is 1.66. The van der Waals surface area contributed by atoms with Crippen LogP contribution in [0.5, 0.6) is 0 Å². The van der Waals surface area contributed by atoms with Crippen LogP contribution in [0.4, 0.5) is 0 Å². The van der Waals surface area contributed by atoms with Crippen molar-refractivity contribution >= 4 is 17.3 Å². The highest BCUT2D eigenvalue weighted by Crippen LogP contribution is 2.23. The Labute approximate surface area is 113 Å². The van der Waals surface area contributed by atoms with Crippen LogP contribution in [0.1, 0.15) is 37.1 Å². The normalized spacial score (nSPS) is 13.9. The van der Waals surface area contributed by atoms with Crippen LogP contribution in [0, 0.1) is 0 Å². The zero-order chi connectivity index (χ0) is 13.4. The van der Waals surface area contributed by atoms with E-state index in [1.165, 1.54) is 12.0 Å². The van der Waals surface area contributed by atoms with Crippen molar-refractivity contribution in [2.75, 3.05) is 7.11 Å². The van der Waals surface area contributed by atoms with Crippen LogP contribution < -0.4 is 5.32 Å². The minimum atomic E-state index is -0.183. The second kappa shape index (κ2) is 8.06. The fraction of sp³-hybridized carbons (Fsp3) is 0.500. The number of hydrogen-bond donors (Lipinski definition) is 1. The van der Waals surface area contributed by atoms with Crippen LogP contribution in [-0.4, -0.2) is 19.1 Å². The highest BCUT2D eigenvalue weighted by molar-refractivity contribution is 7.10. The van der Waals surface area contributed by atoms with Gasteiger partial charge in [-0.1, -0.05) is 12.1 Å². The summed E-state index contributed by atoms with van der Waals surface area (Å²) in [6.07, 6.45) is 4.28. The molecule has 1 heterocycles. The van der Waals surface area contributed by atoms with Crippen molar-refractivity contribution in [3.63, 3.8) is 0 Å². The van der Waals surface area contributed by atoms with Gasteiger partial charge in [-0.25, -0.2) is 0 Å². The number of ether oxygens (including phenoxy) is 1. The van der Waals surface area contributed by atoms with Crippen LogP contribution in [-0.2, 0) is 9.53 Å². The molecule has 0 aliphatic heterocycles. The van der Waals surface area contributed by atoms with E-state index in [4.69, 9.17) is 4.74 Å². The highest BCUT2D eigenvalue weighted by Gasteiger charge is 2.19. The van der Waals surface area contributed by atoms with Gasteiger partial charge in [0.1, 0.15) is 0 Å². The average Bonchev–Trinajstić information content (AvgIpc) is 2.89. The van der Waals surface area contributed by atoms with E-state index in [-0.39, 0.29) is 12.0 Å². The van der Waals surface area contributed by atoms with E-state index < -0.39 is 0 Å². The van der Waals surface area contributed by atoms with Crippen molar-refractivity contribution in [1.82, 2.24) is 5.32 Å². The number of carbonyl (C=O) groups excluding carboxylic acids is 1. The molecule has 1 rings (SSSR count). The van der Waals surface area contributed by atoms with E-state index in [2.05, 4.69) is 18.8 Å². The van der Waals surface area contributed by atoms with Gasteiger partial charge < -0.3 is 10.1 Å². The van der Waals surface area contributed by atoms with Gasteiger partial charge >= 0.3 is 5.97 Å². The summed E-state index contributed by atoms with van der Waals surface area (Å²) in [5, 5.41) is 5.50. The molecule has 0 amide bonds. The summed E-state index contributed by atoms with van der Waals surface area (Å²) in [5.41, 5.74) is 0. The largest absolute Gasteiger partial charge is 0.469 e. The molecule has 0 aliphatic rings. The molecule has 3 nitrogen and oxygen atoms in total. The van der Waals surface area contributed by atoms with E-state index in [0.717, 1.165) is 12.8 Å². The molecule has 0 aliphatic carbocycles. The zero-order valence-electron chi connectivity index (χ0n) is 11.0. The molecule has 0 saturated heterocycles. The summed E-state index contributed by atoms with van der Waals surface area (Å²) in [6, 6.07) is 4.43. The second-order valence-corrected chi connectivity index (χ2v) is 5.26. The quantitative estimate of drug-likeness (QED) is 0.580. The van der Waals surface area contributed by atoms with Gasteiger partial charge in [0.15, 0.2) is 0 Å². The standard InChI is InChI=1S/C14H21NO2S/c1-4-5-7-11(2)15-12(10-14(16)17-3)13-8-6-9-18-13/h4,6,8-9,11-12,15H,1,5,7,10H2,2-3H3. The zero-order valence-corrected chi connectivity index (χ0v) is 11.8. The van der Waals surface area contributed by atoms with Gasteiger partial charge in [-0.2, -0.15) is 0 Å². The number of nitrogens with one attached hydrogen (secondary N) is 1. The molecule has 0 saturated carbocycles. The summed E-state index contributed by atoms with van der Waals surface area (Å²) in [6.45, 7) is 5.85. The third-order valence-electron chi connectivity index (χ3n) is 2.77. The van der Waals surface area contributed by atoms with Gasteiger partial charge in [-0.15, -0.1) is 17.9 Å². The Morgan fingerprint density at radius 2 is 2.44 bits per heavy atom. The Morgan fingerprint density at radius 1 is 1.67 bits per heavy atom. The predicted molar refractivity (Wildman–Crippen MR) is 75.7 cm³/mol. The smallest absolute Gasteiger partial charge is 0.307 e. The lowest BCUT2D eigenvalue weighted by Crippen LogP contribution is -2.31. The average molecular weight is 267 g/mol. The maximum Gasteiger partial charge on any atom is 0.307 e. The fourth-order valence-corrected chi connectivity index (χ4v) is 2.56. The Bertz CT molecular complexity index is 362. The maximum absolute atomic E-state index is 11.4. The number of rotatable bonds is 8. The molecule has 100 valence electrons. The number of hydrogen-bond acceptors (Lipinski definition) is 4. The molecule has 0 radical (unpaired) electrons. The minimum absolute atomic E-state index is 0.0391. The lowest BCUT2D eigenvalue weighted by Gasteiger charge is -2.21. The Hall–Kier alpha value is -1.13. The van der Waals surface area contributed by atoms with E-state index >= 15 is 0 Å². The van der Waals surface area contributed by atoms with Crippen molar-refractivity contribution in [2.45, 2.75) is 38.3 Å². The van der Waals surface area contributed by atoms with Crippen LogP contribution >= 0.6 is 11.3 Å². The third kappa shape index (κ3) is 5.02. The van der Waals surface area contributed by atoms with Crippen LogP contribution in [0.3, 0.4) is 0 Å². The van der Waals surface area contributed by atoms with Crippen molar-refractivity contribution < 1.29 is 9.53 Å². The number of allylic oxidation sites excluding steroid dienone is 1. The first kappa shape index (κ1) is 14.9. The molecule has 0 spiro atoms. The molecule has 0 bridgehead atoms. The summed E-state index contributed by atoms with van der Waals surface area (Å²) in [5.74, 6) is -0.183. The molecule has 1 N–H and O–H groups in total. The van der Waals surface area contributed by atoms with Gasteiger partial charge in [0.05, 0.1) is 19.6 Å². The minimum Gasteiger partial charge on any atom is -0.469 e. The summed E-state index contributed by atoms with van der Waals surface area (Å²) < 4.78 is 4.75. The van der Waals surface area contributed by atoms with Gasteiger partial charge in [0.25, 0.3) is 0 Å². The Morgan fingerprint density at radius 3 is 3.00 bits per heavy atom. The predicted octanol–water partition coefficient (Wildman–Crippen LogP) is 3.30. The number of methoxy groups -OCH3 is 1. The topological polar surface area (TPSA) is 38.3 Å². The first-order valence-corrected chi connectivity index (χ1v) is 7.02. The first-order chi connectivity index (χ1) is 8.67. The molecular weight excluding hydrogens is 246 g/mol. The van der Waals surface area contributed by atoms with Crippen LogP contribution in [0.15, 0.2) is 30.2 Å². The third-order valence-corrected chi connectivity index (χ3v) is 3.76. The monoisotopic (exact) mass is 267 g/mol. The molecular formula is C14H21NO2S. The number of carbonyl (C=O) groups is 1. The molecule has 18 heavy (non-hydrogen) atoms. The second-order valence-electron chi connectivity index (χ2n) is 4.28. The van der Waals surface area contributed by atoms with E-state index in [1.54, 1.807) is 11.3 Å². The Balaban J connectivity index is 2.60. The fourth-order valence-electron chi connectivity index (χ4n) is 1.78. The van der Waals surface area contributed by atoms with Crippen LogP contribution in [0.25, 0.3) is 0 Å². The maximum atomic E-state index is 11.4. The summed E-state index contributed by atoms with van der Waals surface area (Å²) in [4.78, 5) is 12.6. The van der Waals surface area contributed by atoms with Gasteiger partial charge in [-0.05, 0) is 31.2 Å². The lowest BCUT2D eigenvalue weighted by atomic mass is 10.1. The molecule has 2 unspecified atom stereocenters. The molecule has 2 atom stereocenters. The molecule has 0 fully saturated rings. The van der Waals surface area contributed by atoms with Gasteiger partial charge in [-0.3, -0.25) is 4.79 Å². The lowest BCUT2D eigenvalue weighted by molar-refractivity contribution is -0.141. The molecule has 1 aromatic rings. The van der Waals surface area contributed by atoms with Gasteiger partial charge in [0.2, 0.25) is 0 Å². The number of esters is 1. The first-order valence-electron chi connectivity index (χ1n) is 6.14. The number of thiophene rings is 1. The Kier molecular flexibility index (Phi) is 6.68. The van der Waals surface area contributed by atoms with E-state index in [1.807, 2.05) is 23.6 Å². The van der Waals surface area contributed by atoms with E-state index in [9.17, 15) is 4.79 Å². The molecule has 0 aromatic carbocycles. The SMILES string of the molecule is C=CCCC(C)NC(CC(=O)OC)c1cccs1. The molecule has 1 aromatic heterocycles. The van der Waals surface area contributed by atoms with Crippen molar-refractivity contribution in [3.05, 3.63) is 35.0 Å². The van der Waals surface area contributed by atoms with Crippen molar-refractivity contribution in [2.24, 2.45) is 0 Å². The van der Waals surface area contributed by atoms with Crippen molar-refractivity contribution in [3.8, 4) is 0 Å². The van der Waals surface area contributed by atoms with E-state index in [0.29, 0.717) is 12.5 Å². The van der Waals surface area contributed by atoms with Crippen molar-refractivity contribution in [1.29, 1.82) is 0 Å². The van der Waals surface area contributed by atoms with Crippen LogP contribution in [0.2, 0.25) is 0 Å². The van der Waals surface area contributed by atoms with Gasteiger partial charge in [0, 0.05) is 10.9 Å². The molecule has 4 heteroatoms. The highest BCUT2D eigenvalue weighted by atomic mass is 32.1.